The highest BCUT2D eigenvalue weighted by atomic mass is 16.6. The largest absolute Gasteiger partial charge is 0.463 e. The molecule has 0 aromatic carbocycles. The van der Waals surface area contributed by atoms with Gasteiger partial charge in [0.1, 0.15) is 13.2 Å². The second-order valence-electron chi connectivity index (χ2n) is 7.68. The molecular formula is C22H40O6. The molecule has 0 N–H and O–H groups in total. The fraction of sp³-hybridized carbons (Fsp3) is 0.909. The molecule has 0 bridgehead atoms. The molecule has 0 radical (unpaired) electrons. The van der Waals surface area contributed by atoms with Crippen LogP contribution in [0.25, 0.3) is 0 Å². The average Bonchev–Trinajstić information content (AvgIpc) is 2.69. The summed E-state index contributed by atoms with van der Waals surface area (Å²) in [4.78, 5) is 23.3. The van der Waals surface area contributed by atoms with Gasteiger partial charge in [0.2, 0.25) is 0 Å². The van der Waals surface area contributed by atoms with E-state index in [1.54, 1.807) is 0 Å². The maximum atomic E-state index is 11.7. The zero-order valence-electron chi connectivity index (χ0n) is 18.1. The van der Waals surface area contributed by atoms with Crippen molar-refractivity contribution in [2.24, 2.45) is 5.92 Å². The Bertz CT molecular complexity index is 417. The average molecular weight is 401 g/mol. The Morgan fingerprint density at radius 1 is 0.821 bits per heavy atom. The van der Waals surface area contributed by atoms with Crippen molar-refractivity contribution in [1.82, 2.24) is 0 Å². The Morgan fingerprint density at radius 2 is 1.39 bits per heavy atom. The molecule has 6 nitrogen and oxygen atoms in total. The van der Waals surface area contributed by atoms with Crippen LogP contribution in [0.1, 0.15) is 85.0 Å². The smallest absolute Gasteiger partial charge is 0.308 e. The highest BCUT2D eigenvalue weighted by Crippen LogP contribution is 2.23. The highest BCUT2D eigenvalue weighted by molar-refractivity contribution is 5.71. The molecule has 1 saturated carbocycles. The normalized spacial score (nSPS) is 20.5. The Morgan fingerprint density at radius 3 is 1.93 bits per heavy atom. The summed E-state index contributed by atoms with van der Waals surface area (Å²) in [6.07, 6.45) is 9.63. The predicted molar refractivity (Wildman–Crippen MR) is 108 cm³/mol. The van der Waals surface area contributed by atoms with Crippen molar-refractivity contribution < 1.29 is 28.5 Å². The molecule has 0 aromatic rings. The summed E-state index contributed by atoms with van der Waals surface area (Å²) in [5.41, 5.74) is 0. The number of unbranched alkanes of at least 4 members (excludes halogenated alkanes) is 2. The third kappa shape index (κ3) is 11.6. The molecular weight excluding hydrogens is 360 g/mol. The van der Waals surface area contributed by atoms with Gasteiger partial charge in [-0.3, -0.25) is 9.59 Å². The highest BCUT2D eigenvalue weighted by Gasteiger charge is 2.22. The summed E-state index contributed by atoms with van der Waals surface area (Å²) in [6.45, 7) is 7.66. The molecule has 0 spiro atoms. The van der Waals surface area contributed by atoms with E-state index in [0.717, 1.165) is 57.8 Å². The van der Waals surface area contributed by atoms with Crippen LogP contribution in [0.4, 0.5) is 0 Å². The maximum Gasteiger partial charge on any atom is 0.308 e. The van der Waals surface area contributed by atoms with Crippen molar-refractivity contribution >= 4 is 11.9 Å². The fourth-order valence-electron chi connectivity index (χ4n) is 3.38. The number of hydrogen-bond donors (Lipinski definition) is 0. The van der Waals surface area contributed by atoms with Crippen molar-refractivity contribution in [2.75, 3.05) is 26.4 Å². The standard InChI is InChI=1S/C22H40O6/c1-4-6-7-9-21(23)27-16-14-25-19-10-12-20(13-11-19)26-15-17-28-22(24)18(3)8-5-2/h18-20H,4-17H2,1-3H3. The molecule has 0 saturated heterocycles. The number of rotatable bonds is 15. The van der Waals surface area contributed by atoms with Gasteiger partial charge in [0, 0.05) is 6.42 Å². The summed E-state index contributed by atoms with van der Waals surface area (Å²) >= 11 is 0. The first kappa shape index (κ1) is 24.9. The molecule has 1 fully saturated rings. The first-order valence-corrected chi connectivity index (χ1v) is 11.1. The number of ether oxygens (including phenoxy) is 4. The summed E-state index contributed by atoms with van der Waals surface area (Å²) in [5.74, 6) is -0.291. The molecule has 164 valence electrons. The predicted octanol–water partition coefficient (Wildman–Crippen LogP) is 4.43. The summed E-state index contributed by atoms with van der Waals surface area (Å²) < 4.78 is 22.1. The van der Waals surface area contributed by atoms with Crippen LogP contribution < -0.4 is 0 Å². The summed E-state index contributed by atoms with van der Waals surface area (Å²) in [7, 11) is 0. The zero-order chi connectivity index (χ0) is 20.6. The van der Waals surface area contributed by atoms with Crippen LogP contribution in [0.5, 0.6) is 0 Å². The molecule has 1 rings (SSSR count). The lowest BCUT2D eigenvalue weighted by Crippen LogP contribution is -2.28. The van der Waals surface area contributed by atoms with E-state index < -0.39 is 0 Å². The van der Waals surface area contributed by atoms with Crippen LogP contribution in [0.3, 0.4) is 0 Å². The monoisotopic (exact) mass is 400 g/mol. The first-order valence-electron chi connectivity index (χ1n) is 11.1. The van der Waals surface area contributed by atoms with E-state index in [1.165, 1.54) is 0 Å². The molecule has 0 aromatic heterocycles. The van der Waals surface area contributed by atoms with E-state index in [0.29, 0.717) is 32.8 Å². The van der Waals surface area contributed by atoms with Gasteiger partial charge in [0.05, 0.1) is 31.3 Å². The molecule has 0 heterocycles. The SMILES string of the molecule is CCCCCC(=O)OCCOC1CCC(OCCOC(=O)C(C)CCC)CC1. The maximum absolute atomic E-state index is 11.7. The van der Waals surface area contributed by atoms with Gasteiger partial charge in [-0.15, -0.1) is 0 Å². The van der Waals surface area contributed by atoms with Gasteiger partial charge in [0.15, 0.2) is 0 Å². The van der Waals surface area contributed by atoms with E-state index in [2.05, 4.69) is 13.8 Å². The third-order valence-electron chi connectivity index (χ3n) is 5.11. The summed E-state index contributed by atoms with van der Waals surface area (Å²) in [6, 6.07) is 0. The summed E-state index contributed by atoms with van der Waals surface area (Å²) in [5, 5.41) is 0. The number of carbonyl (C=O) groups excluding carboxylic acids is 2. The fourth-order valence-corrected chi connectivity index (χ4v) is 3.38. The Hall–Kier alpha value is -1.14. The topological polar surface area (TPSA) is 71.1 Å². The van der Waals surface area contributed by atoms with Crippen molar-refractivity contribution in [3.05, 3.63) is 0 Å². The van der Waals surface area contributed by atoms with Gasteiger partial charge in [-0.2, -0.15) is 0 Å². The zero-order valence-corrected chi connectivity index (χ0v) is 18.1. The van der Waals surface area contributed by atoms with Gasteiger partial charge in [-0.05, 0) is 38.5 Å². The minimum atomic E-state index is -0.131. The number of esters is 2. The molecule has 1 aliphatic rings. The third-order valence-corrected chi connectivity index (χ3v) is 5.11. The molecule has 0 amide bonds. The Balaban J connectivity index is 1.99. The van der Waals surface area contributed by atoms with E-state index in [-0.39, 0.29) is 30.1 Å². The van der Waals surface area contributed by atoms with Crippen molar-refractivity contribution in [1.29, 1.82) is 0 Å². The number of hydrogen-bond acceptors (Lipinski definition) is 6. The minimum Gasteiger partial charge on any atom is -0.463 e. The van der Waals surface area contributed by atoms with Gasteiger partial charge in [-0.25, -0.2) is 0 Å². The molecule has 1 aliphatic carbocycles. The van der Waals surface area contributed by atoms with Crippen LogP contribution >= 0.6 is 0 Å². The van der Waals surface area contributed by atoms with Gasteiger partial charge < -0.3 is 18.9 Å². The van der Waals surface area contributed by atoms with Crippen LogP contribution in [0.2, 0.25) is 0 Å². The quantitative estimate of drug-likeness (QED) is 0.299. The lowest BCUT2D eigenvalue weighted by Gasteiger charge is -2.28. The van der Waals surface area contributed by atoms with Crippen LogP contribution in [0.15, 0.2) is 0 Å². The van der Waals surface area contributed by atoms with Gasteiger partial charge in [-0.1, -0.05) is 40.0 Å². The van der Waals surface area contributed by atoms with E-state index in [9.17, 15) is 9.59 Å². The van der Waals surface area contributed by atoms with Crippen LogP contribution in [0, 0.1) is 5.92 Å². The van der Waals surface area contributed by atoms with Gasteiger partial charge >= 0.3 is 11.9 Å². The van der Waals surface area contributed by atoms with Crippen molar-refractivity contribution in [2.45, 2.75) is 97.2 Å². The van der Waals surface area contributed by atoms with Crippen molar-refractivity contribution in [3.63, 3.8) is 0 Å². The molecule has 1 atom stereocenters. The second kappa shape index (κ2) is 15.7. The lowest BCUT2D eigenvalue weighted by atomic mass is 9.95. The van der Waals surface area contributed by atoms with Gasteiger partial charge in [0.25, 0.3) is 0 Å². The molecule has 6 heteroatoms. The molecule has 0 aliphatic heterocycles. The molecule has 28 heavy (non-hydrogen) atoms. The second-order valence-corrected chi connectivity index (χ2v) is 7.68. The minimum absolute atomic E-state index is 0.0341. The van der Waals surface area contributed by atoms with E-state index in [1.807, 2.05) is 6.92 Å². The first-order chi connectivity index (χ1) is 13.6. The van der Waals surface area contributed by atoms with Crippen LogP contribution in [-0.2, 0) is 28.5 Å². The van der Waals surface area contributed by atoms with Crippen LogP contribution in [-0.4, -0.2) is 50.6 Å². The number of carbonyl (C=O) groups is 2. The van der Waals surface area contributed by atoms with E-state index >= 15 is 0 Å². The van der Waals surface area contributed by atoms with E-state index in [4.69, 9.17) is 18.9 Å². The Labute approximate surface area is 170 Å². The molecule has 1 unspecified atom stereocenters. The lowest BCUT2D eigenvalue weighted by molar-refractivity contribution is -0.151. The van der Waals surface area contributed by atoms with Crippen molar-refractivity contribution in [3.8, 4) is 0 Å². The Kier molecular flexibility index (Phi) is 14.0.